The van der Waals surface area contributed by atoms with Gasteiger partial charge in [0, 0.05) is 12.8 Å². The van der Waals surface area contributed by atoms with Gasteiger partial charge in [-0.15, -0.1) is 0 Å². The number of hydrogen-bond acceptors (Lipinski definition) is 4. The summed E-state index contributed by atoms with van der Waals surface area (Å²) in [4.78, 5) is 4.19. The molecule has 0 fully saturated rings. The van der Waals surface area contributed by atoms with Gasteiger partial charge in [-0.25, -0.2) is 0 Å². The summed E-state index contributed by atoms with van der Waals surface area (Å²) in [5, 5.41) is 3.38. The van der Waals surface area contributed by atoms with Crippen LogP contribution in [0.15, 0.2) is 18.5 Å². The van der Waals surface area contributed by atoms with Gasteiger partial charge in [-0.05, 0) is 32.0 Å². The van der Waals surface area contributed by atoms with E-state index in [9.17, 15) is 0 Å². The number of likely N-dealkylation sites (N-methyl/N-ethyl adjacent to an activating group) is 1. The van der Waals surface area contributed by atoms with Crippen LogP contribution in [0.1, 0.15) is 32.4 Å². The number of aromatic nitrogens is 1. The number of ether oxygens (including phenoxy) is 2. The van der Waals surface area contributed by atoms with Crippen molar-refractivity contribution in [1.29, 1.82) is 0 Å². The van der Waals surface area contributed by atoms with E-state index in [2.05, 4.69) is 17.2 Å². The maximum atomic E-state index is 5.47. The zero-order valence-electron chi connectivity index (χ0n) is 10.9. The monoisotopic (exact) mass is 238 g/mol. The van der Waals surface area contributed by atoms with Gasteiger partial charge in [0.05, 0.1) is 25.5 Å². The molecule has 96 valence electrons. The van der Waals surface area contributed by atoms with Crippen LogP contribution in [0.25, 0.3) is 0 Å². The first-order chi connectivity index (χ1) is 8.31. The van der Waals surface area contributed by atoms with E-state index in [-0.39, 0.29) is 6.04 Å². The minimum Gasteiger partial charge on any atom is -0.492 e. The molecule has 0 amide bonds. The van der Waals surface area contributed by atoms with Crippen LogP contribution in [0.4, 0.5) is 0 Å². The fourth-order valence-electron chi connectivity index (χ4n) is 1.63. The summed E-state index contributed by atoms with van der Waals surface area (Å²) in [6, 6.07) is 2.19. The smallest absolute Gasteiger partial charge is 0.137 e. The number of rotatable bonds is 8. The SMILES string of the molecule is CCNC(COCC)c1cncc(OCC)c1. The first kappa shape index (κ1) is 13.9. The third-order valence-electron chi connectivity index (χ3n) is 2.39. The van der Waals surface area contributed by atoms with Crippen molar-refractivity contribution >= 4 is 0 Å². The van der Waals surface area contributed by atoms with Crippen LogP contribution >= 0.6 is 0 Å². The molecule has 4 heteroatoms. The third-order valence-corrected chi connectivity index (χ3v) is 2.39. The summed E-state index contributed by atoms with van der Waals surface area (Å²) in [5.74, 6) is 0.810. The summed E-state index contributed by atoms with van der Waals surface area (Å²) in [5.41, 5.74) is 1.10. The molecule has 0 bridgehead atoms. The van der Waals surface area contributed by atoms with Crippen molar-refractivity contribution in [1.82, 2.24) is 10.3 Å². The van der Waals surface area contributed by atoms with Crippen molar-refractivity contribution in [3.63, 3.8) is 0 Å². The summed E-state index contributed by atoms with van der Waals surface area (Å²) < 4.78 is 10.9. The molecule has 0 radical (unpaired) electrons. The number of hydrogen-bond donors (Lipinski definition) is 1. The average molecular weight is 238 g/mol. The van der Waals surface area contributed by atoms with Gasteiger partial charge in [-0.1, -0.05) is 6.92 Å². The van der Waals surface area contributed by atoms with Gasteiger partial charge in [0.2, 0.25) is 0 Å². The lowest BCUT2D eigenvalue weighted by molar-refractivity contribution is 0.123. The quantitative estimate of drug-likeness (QED) is 0.753. The molecule has 1 heterocycles. The molecule has 4 nitrogen and oxygen atoms in total. The molecule has 0 saturated carbocycles. The Morgan fingerprint density at radius 3 is 2.71 bits per heavy atom. The fraction of sp³-hybridized carbons (Fsp3) is 0.615. The van der Waals surface area contributed by atoms with E-state index < -0.39 is 0 Å². The standard InChI is InChI=1S/C13H22N2O2/c1-4-15-13(10-16-5-2)11-7-12(17-6-3)9-14-8-11/h7-9,13,15H,4-6,10H2,1-3H3. The van der Waals surface area contributed by atoms with Gasteiger partial charge >= 0.3 is 0 Å². The van der Waals surface area contributed by atoms with E-state index in [1.165, 1.54) is 0 Å². The molecule has 0 spiro atoms. The predicted octanol–water partition coefficient (Wildman–Crippen LogP) is 2.17. The van der Waals surface area contributed by atoms with Crippen LogP contribution in [-0.2, 0) is 4.74 Å². The molecule has 0 aliphatic rings. The molecule has 1 aromatic heterocycles. The van der Waals surface area contributed by atoms with Crippen molar-refractivity contribution in [2.24, 2.45) is 0 Å². The van der Waals surface area contributed by atoms with E-state index >= 15 is 0 Å². The lowest BCUT2D eigenvalue weighted by atomic mass is 10.1. The predicted molar refractivity (Wildman–Crippen MR) is 68.3 cm³/mol. The molecule has 0 aromatic carbocycles. The van der Waals surface area contributed by atoms with Crippen LogP contribution in [0.2, 0.25) is 0 Å². The molecule has 0 aliphatic carbocycles. The van der Waals surface area contributed by atoms with Crippen LogP contribution in [-0.4, -0.2) is 31.3 Å². The Balaban J connectivity index is 2.73. The zero-order chi connectivity index (χ0) is 12.5. The van der Waals surface area contributed by atoms with E-state index in [0.717, 1.165) is 24.5 Å². The van der Waals surface area contributed by atoms with E-state index in [4.69, 9.17) is 9.47 Å². The normalized spacial score (nSPS) is 12.4. The Bertz CT molecular complexity index is 318. The van der Waals surface area contributed by atoms with Gasteiger partial charge in [-0.3, -0.25) is 4.98 Å². The highest BCUT2D eigenvalue weighted by Crippen LogP contribution is 2.18. The Labute approximate surface area is 103 Å². The molecule has 1 N–H and O–H groups in total. The molecule has 0 aliphatic heterocycles. The maximum absolute atomic E-state index is 5.47. The summed E-state index contributed by atoms with van der Waals surface area (Å²) in [6.45, 7) is 8.98. The number of nitrogens with one attached hydrogen (secondary N) is 1. The first-order valence-corrected chi connectivity index (χ1v) is 6.20. The van der Waals surface area contributed by atoms with Crippen molar-refractivity contribution in [3.05, 3.63) is 24.0 Å². The highest BCUT2D eigenvalue weighted by atomic mass is 16.5. The van der Waals surface area contributed by atoms with Gasteiger partial charge in [-0.2, -0.15) is 0 Å². The summed E-state index contributed by atoms with van der Waals surface area (Å²) in [7, 11) is 0. The Hall–Kier alpha value is -1.13. The van der Waals surface area contributed by atoms with Crippen LogP contribution in [0.3, 0.4) is 0 Å². The van der Waals surface area contributed by atoms with Crippen molar-refractivity contribution < 1.29 is 9.47 Å². The second kappa shape index (κ2) is 8.03. The molecule has 17 heavy (non-hydrogen) atoms. The summed E-state index contributed by atoms with van der Waals surface area (Å²) in [6.07, 6.45) is 3.59. The second-order valence-electron chi connectivity index (χ2n) is 3.66. The number of pyridine rings is 1. The highest BCUT2D eigenvalue weighted by Gasteiger charge is 2.11. The van der Waals surface area contributed by atoms with Crippen LogP contribution < -0.4 is 10.1 Å². The minimum absolute atomic E-state index is 0.174. The van der Waals surface area contributed by atoms with Crippen LogP contribution in [0, 0.1) is 0 Å². The molecular formula is C13H22N2O2. The lowest BCUT2D eigenvalue weighted by Gasteiger charge is -2.18. The molecular weight excluding hydrogens is 216 g/mol. The van der Waals surface area contributed by atoms with Crippen molar-refractivity contribution in [2.45, 2.75) is 26.8 Å². The van der Waals surface area contributed by atoms with Gasteiger partial charge in [0.15, 0.2) is 0 Å². The maximum Gasteiger partial charge on any atom is 0.137 e. The fourth-order valence-corrected chi connectivity index (χ4v) is 1.63. The molecule has 0 saturated heterocycles. The molecule has 1 aromatic rings. The highest BCUT2D eigenvalue weighted by molar-refractivity contribution is 5.26. The number of nitrogens with zero attached hydrogens (tertiary/aromatic N) is 1. The van der Waals surface area contributed by atoms with Gasteiger partial charge < -0.3 is 14.8 Å². The largest absolute Gasteiger partial charge is 0.492 e. The molecule has 1 atom stereocenters. The van der Waals surface area contributed by atoms with E-state index in [0.29, 0.717) is 13.2 Å². The Morgan fingerprint density at radius 2 is 2.06 bits per heavy atom. The second-order valence-corrected chi connectivity index (χ2v) is 3.66. The van der Waals surface area contributed by atoms with E-state index in [1.54, 1.807) is 6.20 Å². The lowest BCUT2D eigenvalue weighted by Crippen LogP contribution is -2.25. The average Bonchev–Trinajstić information content (AvgIpc) is 2.35. The topological polar surface area (TPSA) is 43.4 Å². The van der Waals surface area contributed by atoms with Gasteiger partial charge in [0.1, 0.15) is 5.75 Å². The third kappa shape index (κ3) is 4.71. The Morgan fingerprint density at radius 1 is 1.24 bits per heavy atom. The molecule has 1 rings (SSSR count). The minimum atomic E-state index is 0.174. The molecule has 1 unspecified atom stereocenters. The first-order valence-electron chi connectivity index (χ1n) is 6.20. The van der Waals surface area contributed by atoms with Crippen LogP contribution in [0.5, 0.6) is 5.75 Å². The van der Waals surface area contributed by atoms with Crippen molar-refractivity contribution in [3.8, 4) is 5.75 Å². The van der Waals surface area contributed by atoms with Gasteiger partial charge in [0.25, 0.3) is 0 Å². The van der Waals surface area contributed by atoms with Crippen molar-refractivity contribution in [2.75, 3.05) is 26.4 Å². The zero-order valence-corrected chi connectivity index (χ0v) is 10.9. The van der Waals surface area contributed by atoms with E-state index in [1.807, 2.05) is 26.1 Å². The summed E-state index contributed by atoms with van der Waals surface area (Å²) >= 11 is 0. The Kier molecular flexibility index (Phi) is 6.58.